The zero-order valence-electron chi connectivity index (χ0n) is 11.8. The van der Waals surface area contributed by atoms with Gasteiger partial charge in [-0.25, -0.2) is 4.79 Å². The van der Waals surface area contributed by atoms with E-state index in [-0.39, 0.29) is 6.03 Å². The van der Waals surface area contributed by atoms with E-state index in [1.54, 1.807) is 19.1 Å². The number of anilines is 1. The number of carbonyl (C=O) groups excluding carboxylic acids is 1. The van der Waals surface area contributed by atoms with Gasteiger partial charge in [0.25, 0.3) is 0 Å². The number of hydrogen-bond acceptors (Lipinski definition) is 4. The Labute approximate surface area is 126 Å². The summed E-state index contributed by atoms with van der Waals surface area (Å²) in [5.41, 5.74) is 2.61. The molecule has 5 nitrogen and oxygen atoms in total. The lowest BCUT2D eigenvalue weighted by Crippen LogP contribution is -2.35. The monoisotopic (exact) mass is 304 g/mol. The number of urea groups is 1. The van der Waals surface area contributed by atoms with Crippen molar-refractivity contribution >= 4 is 23.1 Å². The summed E-state index contributed by atoms with van der Waals surface area (Å²) in [5.74, 6) is 0.749. The molecule has 3 rings (SSSR count). The van der Waals surface area contributed by atoms with Crippen LogP contribution in [0.25, 0.3) is 0 Å². The number of methoxy groups -OCH3 is 1. The molecule has 1 unspecified atom stereocenters. The summed E-state index contributed by atoms with van der Waals surface area (Å²) < 4.78 is 5.14. The van der Waals surface area contributed by atoms with Gasteiger partial charge < -0.3 is 20.1 Å². The summed E-state index contributed by atoms with van der Waals surface area (Å²) in [7, 11) is 3.35. The van der Waals surface area contributed by atoms with Crippen molar-refractivity contribution in [1.29, 1.82) is 0 Å². The highest BCUT2D eigenvalue weighted by molar-refractivity contribution is 7.10. The Morgan fingerprint density at radius 2 is 2.24 bits per heavy atom. The van der Waals surface area contributed by atoms with Crippen LogP contribution < -0.4 is 10.1 Å². The fourth-order valence-electron chi connectivity index (χ4n) is 2.32. The van der Waals surface area contributed by atoms with E-state index in [9.17, 15) is 9.90 Å². The number of fused-ring (bicyclic) bond motifs is 1. The molecule has 21 heavy (non-hydrogen) atoms. The van der Waals surface area contributed by atoms with Gasteiger partial charge in [-0.05, 0) is 29.3 Å². The molecular formula is C15H16N2O3S. The minimum atomic E-state index is -0.688. The Bertz CT molecular complexity index is 683. The number of hydrogen-bond donors (Lipinski definition) is 2. The Morgan fingerprint density at radius 1 is 1.43 bits per heavy atom. The number of thiophene rings is 1. The Morgan fingerprint density at radius 3 is 2.95 bits per heavy atom. The number of nitrogens with zero attached hydrogens (tertiary/aromatic N) is 1. The van der Waals surface area contributed by atoms with E-state index in [1.807, 2.05) is 29.6 Å². The molecule has 6 heteroatoms. The average molecular weight is 304 g/mol. The first-order chi connectivity index (χ1) is 10.1. The van der Waals surface area contributed by atoms with Gasteiger partial charge in [-0.15, -0.1) is 11.3 Å². The Balaban J connectivity index is 1.89. The largest absolute Gasteiger partial charge is 0.496 e. The van der Waals surface area contributed by atoms with E-state index in [4.69, 9.17) is 4.74 Å². The highest BCUT2D eigenvalue weighted by Gasteiger charge is 2.21. The van der Waals surface area contributed by atoms with E-state index in [0.29, 0.717) is 6.54 Å². The van der Waals surface area contributed by atoms with Gasteiger partial charge in [-0.1, -0.05) is 6.07 Å². The Kier molecular flexibility index (Phi) is 3.57. The molecule has 0 spiro atoms. The number of benzene rings is 1. The number of aliphatic hydroxyl groups is 1. The van der Waals surface area contributed by atoms with E-state index in [2.05, 4.69) is 5.32 Å². The molecule has 0 saturated carbocycles. The first kappa shape index (κ1) is 13.9. The predicted molar refractivity (Wildman–Crippen MR) is 81.9 cm³/mol. The SMILES string of the molecule is COc1csc(C(O)c2ccc3c(c2)CN(C)C(=O)N3)c1. The maximum Gasteiger partial charge on any atom is 0.321 e. The molecule has 1 aliphatic heterocycles. The maximum atomic E-state index is 11.6. The maximum absolute atomic E-state index is 11.6. The lowest BCUT2D eigenvalue weighted by atomic mass is 10.0. The molecule has 0 fully saturated rings. The summed E-state index contributed by atoms with van der Waals surface area (Å²) >= 11 is 1.46. The van der Waals surface area contributed by atoms with Crippen LogP contribution in [0.3, 0.4) is 0 Å². The van der Waals surface area contributed by atoms with Crippen molar-refractivity contribution in [3.05, 3.63) is 45.6 Å². The van der Waals surface area contributed by atoms with Crippen LogP contribution in [0.2, 0.25) is 0 Å². The van der Waals surface area contributed by atoms with Crippen LogP contribution in [0.5, 0.6) is 5.75 Å². The van der Waals surface area contributed by atoms with Crippen LogP contribution in [-0.4, -0.2) is 30.2 Å². The van der Waals surface area contributed by atoms with Crippen molar-refractivity contribution in [2.24, 2.45) is 0 Å². The standard InChI is InChI=1S/C15H16N2O3S/c1-17-7-10-5-9(3-4-12(10)16-15(17)19)14(18)13-6-11(20-2)8-21-13/h3-6,8,14,18H,7H2,1-2H3,(H,16,19). The number of ether oxygens (including phenoxy) is 1. The normalized spacial score (nSPS) is 15.4. The molecule has 1 aromatic heterocycles. The first-order valence-electron chi connectivity index (χ1n) is 6.54. The fraction of sp³-hybridized carbons (Fsp3) is 0.267. The van der Waals surface area contributed by atoms with Crippen molar-refractivity contribution in [2.75, 3.05) is 19.5 Å². The van der Waals surface area contributed by atoms with Crippen molar-refractivity contribution < 1.29 is 14.6 Å². The van der Waals surface area contributed by atoms with Crippen LogP contribution in [-0.2, 0) is 6.54 Å². The number of nitrogens with one attached hydrogen (secondary N) is 1. The lowest BCUT2D eigenvalue weighted by Gasteiger charge is -2.26. The van der Waals surface area contributed by atoms with Gasteiger partial charge in [-0.2, -0.15) is 0 Å². The van der Waals surface area contributed by atoms with Crippen LogP contribution in [0.1, 0.15) is 22.1 Å². The minimum absolute atomic E-state index is 0.112. The Hall–Kier alpha value is -2.05. The highest BCUT2D eigenvalue weighted by Crippen LogP contribution is 2.33. The zero-order valence-corrected chi connectivity index (χ0v) is 12.6. The van der Waals surface area contributed by atoms with Gasteiger partial charge in [0.1, 0.15) is 11.9 Å². The summed E-state index contributed by atoms with van der Waals surface area (Å²) in [4.78, 5) is 14.0. The van der Waals surface area contributed by atoms with Gasteiger partial charge in [0.15, 0.2) is 0 Å². The van der Waals surface area contributed by atoms with E-state index in [0.717, 1.165) is 27.4 Å². The first-order valence-corrected chi connectivity index (χ1v) is 7.42. The van der Waals surface area contributed by atoms with Gasteiger partial charge in [0.2, 0.25) is 0 Å². The highest BCUT2D eigenvalue weighted by atomic mass is 32.1. The molecule has 2 aromatic rings. The van der Waals surface area contributed by atoms with Crippen molar-refractivity contribution in [3.63, 3.8) is 0 Å². The smallest absolute Gasteiger partial charge is 0.321 e. The third-order valence-electron chi connectivity index (χ3n) is 3.54. The van der Waals surface area contributed by atoms with Crippen LogP contribution in [0, 0.1) is 0 Å². The molecule has 2 heterocycles. The summed E-state index contributed by atoms with van der Waals surface area (Å²) in [6.07, 6.45) is -0.688. The van der Waals surface area contributed by atoms with E-state index in [1.165, 1.54) is 11.3 Å². The fourth-order valence-corrected chi connectivity index (χ4v) is 3.19. The molecular weight excluding hydrogens is 288 g/mol. The number of rotatable bonds is 3. The van der Waals surface area contributed by atoms with Crippen LogP contribution in [0.15, 0.2) is 29.6 Å². The second kappa shape index (κ2) is 5.38. The van der Waals surface area contributed by atoms with Crippen molar-refractivity contribution in [2.45, 2.75) is 12.6 Å². The average Bonchev–Trinajstić information content (AvgIpc) is 2.96. The predicted octanol–water partition coefficient (Wildman–Crippen LogP) is 2.82. The molecule has 2 amide bonds. The van der Waals surface area contributed by atoms with E-state index < -0.39 is 6.10 Å². The topological polar surface area (TPSA) is 61.8 Å². The summed E-state index contributed by atoms with van der Waals surface area (Å²) in [5, 5.41) is 15.2. The zero-order chi connectivity index (χ0) is 15.0. The molecule has 1 aliphatic rings. The second-order valence-electron chi connectivity index (χ2n) is 4.99. The second-order valence-corrected chi connectivity index (χ2v) is 5.94. The molecule has 0 saturated heterocycles. The molecule has 2 N–H and O–H groups in total. The van der Waals surface area contributed by atoms with Crippen molar-refractivity contribution in [1.82, 2.24) is 4.90 Å². The van der Waals surface area contributed by atoms with Gasteiger partial charge in [0, 0.05) is 29.5 Å². The van der Waals surface area contributed by atoms with Gasteiger partial charge >= 0.3 is 6.03 Å². The van der Waals surface area contributed by atoms with Crippen LogP contribution in [0.4, 0.5) is 10.5 Å². The third kappa shape index (κ3) is 2.59. The van der Waals surface area contributed by atoms with E-state index >= 15 is 0 Å². The summed E-state index contributed by atoms with van der Waals surface area (Å²) in [6, 6.07) is 7.33. The molecule has 0 bridgehead atoms. The molecule has 1 aromatic carbocycles. The molecule has 110 valence electrons. The number of amides is 2. The quantitative estimate of drug-likeness (QED) is 0.916. The lowest BCUT2D eigenvalue weighted by molar-refractivity contribution is 0.217. The molecule has 0 aliphatic carbocycles. The van der Waals surface area contributed by atoms with Gasteiger partial charge in [0.05, 0.1) is 7.11 Å². The van der Waals surface area contributed by atoms with Crippen molar-refractivity contribution in [3.8, 4) is 5.75 Å². The van der Waals surface area contributed by atoms with Crippen LogP contribution >= 0.6 is 11.3 Å². The molecule has 0 radical (unpaired) electrons. The summed E-state index contributed by atoms with van der Waals surface area (Å²) in [6.45, 7) is 0.537. The minimum Gasteiger partial charge on any atom is -0.496 e. The molecule has 1 atom stereocenters. The third-order valence-corrected chi connectivity index (χ3v) is 4.51. The number of carbonyl (C=O) groups is 1. The number of aliphatic hydroxyl groups excluding tert-OH is 1. The van der Waals surface area contributed by atoms with Gasteiger partial charge in [-0.3, -0.25) is 0 Å².